The van der Waals surface area contributed by atoms with Crippen molar-refractivity contribution in [2.24, 2.45) is 5.41 Å². The van der Waals surface area contributed by atoms with E-state index in [1.165, 1.54) is 20.3 Å². The van der Waals surface area contributed by atoms with Gasteiger partial charge in [-0.25, -0.2) is 4.79 Å². The third kappa shape index (κ3) is 21.1. The summed E-state index contributed by atoms with van der Waals surface area (Å²) >= 11 is 0. The summed E-state index contributed by atoms with van der Waals surface area (Å²) in [6.07, 6.45) is 8.13. The summed E-state index contributed by atoms with van der Waals surface area (Å²) in [5.74, 6) is -3.02. The number of hydrogen-bond donors (Lipinski definition) is 2. The summed E-state index contributed by atoms with van der Waals surface area (Å²) < 4.78 is 69.5. The number of carbonyl (C=O) groups is 3. The summed E-state index contributed by atoms with van der Waals surface area (Å²) in [4.78, 5) is 39.3. The van der Waals surface area contributed by atoms with Gasteiger partial charge in [-0.3, -0.25) is 9.59 Å². The number of carboxylic acids is 1. The van der Waals surface area contributed by atoms with Crippen LogP contribution in [0.4, 0.5) is 0 Å². The number of aliphatic carboxylic acids is 1. The molecule has 2 aromatic rings. The highest BCUT2D eigenvalue weighted by Crippen LogP contribution is 2.49. The van der Waals surface area contributed by atoms with E-state index in [-0.39, 0.29) is 63.5 Å². The Morgan fingerprint density at radius 3 is 2.17 bits per heavy atom. The van der Waals surface area contributed by atoms with E-state index in [2.05, 4.69) is 34.3 Å². The molecule has 1 unspecified atom stereocenters. The minimum atomic E-state index is -2.04. The van der Waals surface area contributed by atoms with Crippen LogP contribution in [0.3, 0.4) is 0 Å². The van der Waals surface area contributed by atoms with Gasteiger partial charge in [0.2, 0.25) is 5.79 Å². The number of methoxy groups -OCH3 is 3. The van der Waals surface area contributed by atoms with Gasteiger partial charge < -0.3 is 62.0 Å². The third-order valence-electron chi connectivity index (χ3n) is 16.5. The van der Waals surface area contributed by atoms with E-state index in [1.54, 1.807) is 14.0 Å². The molecule has 2 aromatic carbocycles. The Kier molecular flexibility index (Phi) is 28.2. The summed E-state index contributed by atoms with van der Waals surface area (Å²) in [7, 11) is 2.36. The number of rotatable bonds is 35. The number of aliphatic hydroxyl groups excluding tert-OH is 1. The average Bonchev–Trinajstić information content (AvgIpc) is 2.76. The lowest BCUT2D eigenvalue weighted by molar-refractivity contribution is -0.338. The molecule has 0 amide bonds. The first-order valence-corrected chi connectivity index (χ1v) is 32.3. The van der Waals surface area contributed by atoms with Crippen molar-refractivity contribution in [1.82, 2.24) is 0 Å². The van der Waals surface area contributed by atoms with Crippen LogP contribution in [-0.4, -0.2) is 131 Å². The largest absolute Gasteiger partial charge is 0.497 e. The SMILES string of the molecule is C=C1C[C@@H](C[C@H]2C[C@@H](O[Si](CC)(CC)CC)C[C@@H](CC(CC(=O)O)OCc3ccc(OC)cc3)O2)O[C@@H](C=CC(C)(C)[C@]2(OC)O[C@H](C[C@@H](O)[C@@H](C)OCOCc3ccccc3)CC(=CC(=O)OC)[C@@H]2OC(=O)CCCCCCC)C1. The molecule has 2 N–H and O–H groups in total. The Hall–Kier alpha value is -4.27. The number of aliphatic hydroxyl groups is 1. The van der Waals surface area contributed by atoms with Crippen LogP contribution in [0.1, 0.15) is 156 Å². The summed E-state index contributed by atoms with van der Waals surface area (Å²) in [6.45, 7) is 19.5. The van der Waals surface area contributed by atoms with E-state index < -0.39 is 74.1 Å². The quantitative estimate of drug-likeness (QED) is 0.0165. The van der Waals surface area contributed by atoms with Gasteiger partial charge in [-0.15, -0.1) is 0 Å². The predicted molar refractivity (Wildman–Crippen MR) is 313 cm³/mol. The Balaban J connectivity index is 1.38. The van der Waals surface area contributed by atoms with Crippen LogP contribution < -0.4 is 4.74 Å². The first-order chi connectivity index (χ1) is 38.8. The van der Waals surface area contributed by atoms with Gasteiger partial charge in [0.15, 0.2) is 14.4 Å². The average molecular weight is 1150 g/mol. The fourth-order valence-electron chi connectivity index (χ4n) is 11.5. The first kappa shape index (κ1) is 67.5. The highest BCUT2D eigenvalue weighted by atomic mass is 28.4. The molecule has 0 bridgehead atoms. The number of hydrogen-bond acceptors (Lipinski definition) is 15. The fraction of sp³-hybridized carbons (Fsp3) is 0.672. The van der Waals surface area contributed by atoms with Gasteiger partial charge in [0.25, 0.3) is 0 Å². The molecule has 3 saturated heterocycles. The molecule has 0 radical (unpaired) electrons. The molecule has 3 aliphatic rings. The van der Waals surface area contributed by atoms with Crippen LogP contribution >= 0.6 is 0 Å². The predicted octanol–water partition coefficient (Wildman–Crippen LogP) is 12.3. The van der Waals surface area contributed by atoms with Crippen LogP contribution in [0, 0.1) is 5.41 Å². The van der Waals surface area contributed by atoms with Gasteiger partial charge >= 0.3 is 17.9 Å². The Morgan fingerprint density at radius 2 is 1.52 bits per heavy atom. The molecule has 454 valence electrons. The molecular formula is C64H98O16Si. The molecule has 3 fully saturated rings. The normalized spacial score (nSPS) is 25.3. The van der Waals surface area contributed by atoms with Gasteiger partial charge in [-0.1, -0.05) is 134 Å². The van der Waals surface area contributed by atoms with E-state index >= 15 is 0 Å². The maximum absolute atomic E-state index is 13.9. The van der Waals surface area contributed by atoms with Gasteiger partial charge in [-0.2, -0.15) is 0 Å². The molecule has 5 rings (SSSR count). The number of benzene rings is 2. The molecular weight excluding hydrogens is 1050 g/mol. The second-order valence-electron chi connectivity index (χ2n) is 22.9. The van der Waals surface area contributed by atoms with E-state index in [0.717, 1.165) is 66.3 Å². The van der Waals surface area contributed by atoms with Crippen molar-refractivity contribution in [3.63, 3.8) is 0 Å². The molecule has 3 heterocycles. The molecule has 0 aliphatic carbocycles. The number of carbonyl (C=O) groups excluding carboxylic acids is 2. The lowest BCUT2D eigenvalue weighted by atomic mass is 9.73. The summed E-state index contributed by atoms with van der Waals surface area (Å²) in [5, 5.41) is 21.6. The molecule has 0 aromatic heterocycles. The molecule has 11 atom stereocenters. The van der Waals surface area contributed by atoms with Gasteiger partial charge in [0.05, 0.1) is 82.7 Å². The second-order valence-corrected chi connectivity index (χ2v) is 27.7. The monoisotopic (exact) mass is 1150 g/mol. The molecule has 0 spiro atoms. The van der Waals surface area contributed by atoms with Crippen molar-refractivity contribution < 1.29 is 76.4 Å². The molecule has 0 saturated carbocycles. The number of esters is 2. The van der Waals surface area contributed by atoms with E-state index in [1.807, 2.05) is 80.6 Å². The van der Waals surface area contributed by atoms with Crippen molar-refractivity contribution in [3.05, 3.63) is 102 Å². The van der Waals surface area contributed by atoms with Crippen molar-refractivity contribution in [3.8, 4) is 5.75 Å². The summed E-state index contributed by atoms with van der Waals surface area (Å²) in [6, 6.07) is 20.3. The van der Waals surface area contributed by atoms with Crippen LogP contribution in [0.15, 0.2) is 90.6 Å². The molecule has 81 heavy (non-hydrogen) atoms. The minimum absolute atomic E-state index is 0.0435. The zero-order chi connectivity index (χ0) is 59.0. The van der Waals surface area contributed by atoms with Crippen LogP contribution in [0.25, 0.3) is 0 Å². The van der Waals surface area contributed by atoms with E-state index in [0.29, 0.717) is 57.1 Å². The van der Waals surface area contributed by atoms with Crippen LogP contribution in [-0.2, 0) is 74.7 Å². The minimum Gasteiger partial charge on any atom is -0.497 e. The van der Waals surface area contributed by atoms with Crippen molar-refractivity contribution in [2.75, 3.05) is 28.1 Å². The van der Waals surface area contributed by atoms with E-state index in [4.69, 9.17) is 51.8 Å². The van der Waals surface area contributed by atoms with Crippen molar-refractivity contribution in [2.45, 2.75) is 243 Å². The van der Waals surface area contributed by atoms with Gasteiger partial charge in [0, 0.05) is 50.4 Å². The standard InChI is InChI=1S/C64H98O16Si/c1-12-16-17-18-22-25-60(68)78-62-49(35-61(69)71-10)34-56(40-58(65)46(6)75-44-73-42-47-23-20-19-21-24-47)79-64(62,72-11)63(7,8)31-30-51-32-45(5)33-53(76-51)37-55-39-57(80-81(13-2,14-3)15-4)38-54(77-55)36-52(41-59(66)67)74-43-48-26-28-50(70-9)29-27-48/h19-21,23-24,26-31,35,46,51-58,62,65H,5,12-18,22,25,32-34,36-44H2,1-4,6-11H3,(H,66,67)/t46-,51+,52?,53+,54-,55+,56+,57+,58-,62+,64-/m1/s1. The van der Waals surface area contributed by atoms with Gasteiger partial charge in [0.1, 0.15) is 12.5 Å². The number of unbranched alkanes of at least 4 members (excludes halogenated alkanes) is 4. The number of ether oxygens (including phenoxy) is 10. The Labute approximate surface area is 484 Å². The topological polar surface area (TPSA) is 193 Å². The van der Waals surface area contributed by atoms with Crippen LogP contribution in [0.5, 0.6) is 5.75 Å². The Morgan fingerprint density at radius 1 is 0.827 bits per heavy atom. The van der Waals surface area contributed by atoms with Crippen molar-refractivity contribution in [1.29, 1.82) is 0 Å². The molecule has 17 heteroatoms. The van der Waals surface area contributed by atoms with Crippen LogP contribution in [0.2, 0.25) is 18.1 Å². The third-order valence-corrected chi connectivity index (χ3v) is 21.2. The lowest BCUT2D eigenvalue weighted by Gasteiger charge is -2.53. The second kappa shape index (κ2) is 33.9. The zero-order valence-corrected chi connectivity index (χ0v) is 51.4. The smallest absolute Gasteiger partial charge is 0.330 e. The summed E-state index contributed by atoms with van der Waals surface area (Å²) in [5.41, 5.74) is 2.26. The molecule has 3 aliphatic heterocycles. The maximum atomic E-state index is 13.9. The highest BCUT2D eigenvalue weighted by molar-refractivity contribution is 6.73. The molecule has 16 nitrogen and oxygen atoms in total. The Bertz CT molecular complexity index is 2260. The first-order valence-electron chi connectivity index (χ1n) is 29.8. The maximum Gasteiger partial charge on any atom is 0.330 e. The van der Waals surface area contributed by atoms with Gasteiger partial charge in [-0.05, 0) is 92.4 Å². The zero-order valence-electron chi connectivity index (χ0n) is 50.4. The number of carboxylic acid groups (broad SMARTS) is 1. The van der Waals surface area contributed by atoms with Crippen molar-refractivity contribution >= 4 is 26.2 Å². The highest BCUT2D eigenvalue weighted by Gasteiger charge is 2.59. The van der Waals surface area contributed by atoms with E-state index in [9.17, 15) is 24.6 Å². The lowest BCUT2D eigenvalue weighted by Crippen LogP contribution is -2.63. The fourth-order valence-corrected chi connectivity index (χ4v) is 14.4.